The quantitative estimate of drug-likeness (QED) is 0.878. The fourth-order valence-corrected chi connectivity index (χ4v) is 3.02. The van der Waals surface area contributed by atoms with Crippen LogP contribution in [0.15, 0.2) is 12.3 Å². The van der Waals surface area contributed by atoms with Gasteiger partial charge in [0.15, 0.2) is 0 Å². The highest BCUT2D eigenvalue weighted by atomic mass is 15.2. The maximum Gasteiger partial charge on any atom is 0.0443 e. The molecule has 0 aliphatic carbocycles. The van der Waals surface area contributed by atoms with Gasteiger partial charge in [0, 0.05) is 49.3 Å². The van der Waals surface area contributed by atoms with Crippen molar-refractivity contribution in [2.75, 3.05) is 31.6 Å². The van der Waals surface area contributed by atoms with Gasteiger partial charge in [-0.15, -0.1) is 0 Å². The summed E-state index contributed by atoms with van der Waals surface area (Å²) in [6, 6.07) is 2.82. The Hall–Kier alpha value is -1.13. The van der Waals surface area contributed by atoms with Crippen LogP contribution in [0.4, 0.5) is 5.69 Å². The Balaban J connectivity index is 2.11. The van der Waals surface area contributed by atoms with Gasteiger partial charge in [0.25, 0.3) is 0 Å². The van der Waals surface area contributed by atoms with Crippen molar-refractivity contribution in [1.82, 2.24) is 9.88 Å². The maximum atomic E-state index is 5.82. The minimum atomic E-state index is 0.551. The molecule has 2 heterocycles. The normalized spacial score (nSPS) is 19.9. The monoisotopic (exact) mass is 262 g/mol. The van der Waals surface area contributed by atoms with Crippen LogP contribution in [0.5, 0.6) is 0 Å². The highest BCUT2D eigenvalue weighted by Gasteiger charge is 2.24. The zero-order valence-corrected chi connectivity index (χ0v) is 12.4. The number of likely N-dealkylation sites (tertiary alicyclic amines) is 1. The van der Waals surface area contributed by atoms with Crippen molar-refractivity contribution in [2.45, 2.75) is 39.3 Å². The summed E-state index contributed by atoms with van der Waals surface area (Å²) in [6.45, 7) is 8.30. The van der Waals surface area contributed by atoms with Crippen LogP contribution in [0.1, 0.15) is 31.0 Å². The molecular weight excluding hydrogens is 236 g/mol. The van der Waals surface area contributed by atoms with Crippen LogP contribution in [0.2, 0.25) is 0 Å². The predicted molar refractivity (Wildman–Crippen MR) is 80.4 cm³/mol. The third-order valence-electron chi connectivity index (χ3n) is 4.12. The first-order chi connectivity index (χ1) is 9.15. The highest BCUT2D eigenvalue weighted by Crippen LogP contribution is 2.23. The molecule has 1 aliphatic rings. The molecular formula is C15H26N4. The third-order valence-corrected chi connectivity index (χ3v) is 4.12. The second-order valence-corrected chi connectivity index (χ2v) is 5.46. The van der Waals surface area contributed by atoms with Crippen LogP contribution in [0.3, 0.4) is 0 Å². The SMILES string of the molecule is CCN1CCCC1CN(C)c1cc(C)ncc1CN. The van der Waals surface area contributed by atoms with E-state index >= 15 is 0 Å². The second kappa shape index (κ2) is 6.35. The zero-order valence-electron chi connectivity index (χ0n) is 12.4. The van der Waals surface area contributed by atoms with Crippen molar-refractivity contribution in [3.05, 3.63) is 23.5 Å². The molecule has 0 radical (unpaired) electrons. The van der Waals surface area contributed by atoms with Gasteiger partial charge in [0.05, 0.1) is 0 Å². The van der Waals surface area contributed by atoms with Crippen LogP contribution in [0.25, 0.3) is 0 Å². The van der Waals surface area contributed by atoms with Crippen LogP contribution in [-0.4, -0.2) is 42.6 Å². The van der Waals surface area contributed by atoms with Gasteiger partial charge in [0.1, 0.15) is 0 Å². The molecule has 1 atom stereocenters. The molecule has 1 aromatic rings. The first-order valence-electron chi connectivity index (χ1n) is 7.26. The van der Waals surface area contributed by atoms with Crippen LogP contribution >= 0.6 is 0 Å². The lowest BCUT2D eigenvalue weighted by molar-refractivity contribution is 0.270. The van der Waals surface area contributed by atoms with E-state index in [1.54, 1.807) is 0 Å². The number of aromatic nitrogens is 1. The lowest BCUT2D eigenvalue weighted by Gasteiger charge is -2.30. The van der Waals surface area contributed by atoms with Crippen LogP contribution in [0, 0.1) is 6.92 Å². The lowest BCUT2D eigenvalue weighted by atomic mass is 10.1. The largest absolute Gasteiger partial charge is 0.373 e. The summed E-state index contributed by atoms with van der Waals surface area (Å²) in [7, 11) is 2.17. The molecule has 0 bridgehead atoms. The number of nitrogens with two attached hydrogens (primary N) is 1. The average Bonchev–Trinajstić information content (AvgIpc) is 2.85. The average molecular weight is 262 g/mol. The fourth-order valence-electron chi connectivity index (χ4n) is 3.02. The number of pyridine rings is 1. The Kier molecular flexibility index (Phi) is 4.77. The van der Waals surface area contributed by atoms with Crippen LogP contribution in [-0.2, 0) is 6.54 Å². The summed E-state index contributed by atoms with van der Waals surface area (Å²) >= 11 is 0. The van der Waals surface area contributed by atoms with Crippen molar-refractivity contribution < 1.29 is 0 Å². The van der Waals surface area contributed by atoms with Crippen molar-refractivity contribution in [2.24, 2.45) is 5.73 Å². The summed E-state index contributed by atoms with van der Waals surface area (Å²) in [5.74, 6) is 0. The molecule has 4 heteroatoms. The van der Waals surface area contributed by atoms with E-state index in [2.05, 4.69) is 34.8 Å². The Morgan fingerprint density at radius 3 is 3.00 bits per heavy atom. The third kappa shape index (κ3) is 3.25. The van der Waals surface area contributed by atoms with Gasteiger partial charge >= 0.3 is 0 Å². The van der Waals surface area contributed by atoms with E-state index in [0.29, 0.717) is 12.6 Å². The zero-order chi connectivity index (χ0) is 13.8. The molecule has 0 saturated carbocycles. The molecule has 0 aromatic carbocycles. The Morgan fingerprint density at radius 1 is 1.53 bits per heavy atom. The van der Waals surface area contributed by atoms with Crippen molar-refractivity contribution in [1.29, 1.82) is 0 Å². The summed E-state index contributed by atoms with van der Waals surface area (Å²) in [5.41, 5.74) is 9.24. The molecule has 106 valence electrons. The second-order valence-electron chi connectivity index (χ2n) is 5.46. The summed E-state index contributed by atoms with van der Waals surface area (Å²) in [5, 5.41) is 0. The highest BCUT2D eigenvalue weighted by molar-refractivity contribution is 5.53. The molecule has 2 rings (SSSR count). The van der Waals surface area contributed by atoms with Gasteiger partial charge in [0.2, 0.25) is 0 Å². The Labute approximate surface area is 116 Å². The van der Waals surface area contributed by atoms with Crippen LogP contribution < -0.4 is 10.6 Å². The molecule has 1 fully saturated rings. The molecule has 19 heavy (non-hydrogen) atoms. The number of aryl methyl sites for hydroxylation is 1. The fraction of sp³-hybridized carbons (Fsp3) is 0.667. The predicted octanol–water partition coefficient (Wildman–Crippen LogP) is 1.77. The molecule has 1 aromatic heterocycles. The van der Waals surface area contributed by atoms with Gasteiger partial charge in [-0.3, -0.25) is 9.88 Å². The minimum Gasteiger partial charge on any atom is -0.373 e. The topological polar surface area (TPSA) is 45.4 Å². The lowest BCUT2D eigenvalue weighted by Crippen LogP contribution is -2.39. The summed E-state index contributed by atoms with van der Waals surface area (Å²) in [4.78, 5) is 9.26. The van der Waals surface area contributed by atoms with Gasteiger partial charge < -0.3 is 10.6 Å². The van der Waals surface area contributed by atoms with Crippen molar-refractivity contribution in [3.63, 3.8) is 0 Å². The van der Waals surface area contributed by atoms with Gasteiger partial charge in [-0.1, -0.05) is 6.92 Å². The van der Waals surface area contributed by atoms with Crippen molar-refractivity contribution in [3.8, 4) is 0 Å². The van der Waals surface area contributed by atoms with E-state index in [9.17, 15) is 0 Å². The van der Waals surface area contributed by atoms with Gasteiger partial charge in [-0.2, -0.15) is 0 Å². The molecule has 1 aliphatic heterocycles. The van der Waals surface area contributed by atoms with E-state index < -0.39 is 0 Å². The maximum absolute atomic E-state index is 5.82. The smallest absolute Gasteiger partial charge is 0.0443 e. The number of nitrogens with zero attached hydrogens (tertiary/aromatic N) is 3. The standard InChI is InChI=1S/C15H26N4/c1-4-19-7-5-6-14(19)11-18(3)15-8-12(2)17-10-13(15)9-16/h8,10,14H,4-7,9,11,16H2,1-3H3. The molecule has 4 nitrogen and oxygen atoms in total. The van der Waals surface area contributed by atoms with Gasteiger partial charge in [-0.25, -0.2) is 0 Å². The molecule has 1 saturated heterocycles. The minimum absolute atomic E-state index is 0.551. The van der Waals surface area contributed by atoms with E-state index in [-0.39, 0.29) is 0 Å². The van der Waals surface area contributed by atoms with E-state index in [0.717, 1.165) is 24.3 Å². The Bertz CT molecular complexity index is 419. The van der Waals surface area contributed by atoms with E-state index in [1.165, 1.54) is 25.1 Å². The number of anilines is 1. The first kappa shape index (κ1) is 14.3. The molecule has 2 N–H and O–H groups in total. The number of hydrogen-bond donors (Lipinski definition) is 1. The molecule has 0 spiro atoms. The van der Waals surface area contributed by atoms with E-state index in [4.69, 9.17) is 5.73 Å². The Morgan fingerprint density at radius 2 is 2.32 bits per heavy atom. The van der Waals surface area contributed by atoms with E-state index in [1.807, 2.05) is 13.1 Å². The number of likely N-dealkylation sites (N-methyl/N-ethyl adjacent to an activating group) is 2. The summed E-state index contributed by atoms with van der Waals surface area (Å²) < 4.78 is 0. The first-order valence-corrected chi connectivity index (χ1v) is 7.26. The summed E-state index contributed by atoms with van der Waals surface area (Å²) in [6.07, 6.45) is 4.54. The van der Waals surface area contributed by atoms with Gasteiger partial charge in [-0.05, 0) is 38.9 Å². The molecule has 1 unspecified atom stereocenters. The number of rotatable bonds is 5. The molecule has 0 amide bonds. The van der Waals surface area contributed by atoms with Crippen molar-refractivity contribution >= 4 is 5.69 Å². The number of hydrogen-bond acceptors (Lipinski definition) is 4.